The molecular formula is C15H25ClO3Si. The van der Waals surface area contributed by atoms with Crippen molar-refractivity contribution in [2.75, 3.05) is 25.7 Å². The van der Waals surface area contributed by atoms with Gasteiger partial charge in [-0.1, -0.05) is 24.3 Å². The van der Waals surface area contributed by atoms with Crippen LogP contribution in [0.25, 0.3) is 0 Å². The first kappa shape index (κ1) is 17.7. The van der Waals surface area contributed by atoms with E-state index in [9.17, 15) is 0 Å². The number of benzene rings is 1. The molecule has 0 aliphatic rings. The quantitative estimate of drug-likeness (QED) is 0.487. The molecule has 0 atom stereocenters. The molecular weight excluding hydrogens is 292 g/mol. The van der Waals surface area contributed by atoms with Crippen molar-refractivity contribution in [1.29, 1.82) is 0 Å². The minimum atomic E-state index is -2.60. The minimum absolute atomic E-state index is 0.608. The Labute approximate surface area is 128 Å². The van der Waals surface area contributed by atoms with Gasteiger partial charge in [0, 0.05) is 31.7 Å². The fourth-order valence-electron chi connectivity index (χ4n) is 2.12. The van der Waals surface area contributed by atoms with Crippen LogP contribution in [0.3, 0.4) is 0 Å². The molecule has 5 heteroatoms. The zero-order valence-corrected chi connectivity index (χ0v) is 14.4. The minimum Gasteiger partial charge on any atom is -0.374 e. The molecule has 1 aromatic rings. The van der Waals surface area contributed by atoms with Crippen molar-refractivity contribution in [3.05, 3.63) is 35.4 Å². The van der Waals surface area contributed by atoms with Gasteiger partial charge in [-0.15, -0.1) is 11.6 Å². The Hall–Kier alpha value is -0.393. The Bertz CT molecular complexity index is 353. The van der Waals surface area contributed by atoms with E-state index in [2.05, 4.69) is 24.3 Å². The molecule has 114 valence electrons. The van der Waals surface area contributed by atoms with E-state index in [1.807, 2.05) is 20.8 Å². The average molecular weight is 317 g/mol. The average Bonchev–Trinajstić information content (AvgIpc) is 2.42. The van der Waals surface area contributed by atoms with Crippen LogP contribution in [-0.2, 0) is 25.7 Å². The summed E-state index contributed by atoms with van der Waals surface area (Å²) in [5.74, 6) is 0.648. The molecule has 0 saturated carbocycles. The third-order valence-corrected chi connectivity index (χ3v) is 6.14. The normalized spacial score (nSPS) is 11.8. The molecule has 0 aliphatic heterocycles. The maximum absolute atomic E-state index is 5.87. The molecule has 0 heterocycles. The van der Waals surface area contributed by atoms with Crippen molar-refractivity contribution in [2.45, 2.75) is 33.2 Å². The lowest BCUT2D eigenvalue weighted by molar-refractivity contribution is 0.0704. The SMILES string of the molecule is CCO[Si](Cc1ccc(CCCl)cc1)(OCC)OCC. The molecule has 1 aromatic carbocycles. The summed E-state index contributed by atoms with van der Waals surface area (Å²) in [6.45, 7) is 7.75. The van der Waals surface area contributed by atoms with Crippen LogP contribution in [0.5, 0.6) is 0 Å². The monoisotopic (exact) mass is 316 g/mol. The molecule has 0 saturated heterocycles. The largest absolute Gasteiger partial charge is 0.505 e. The first-order chi connectivity index (χ1) is 9.69. The predicted octanol–water partition coefficient (Wildman–Crippen LogP) is 3.60. The molecule has 20 heavy (non-hydrogen) atoms. The highest BCUT2D eigenvalue weighted by atomic mass is 35.5. The summed E-state index contributed by atoms with van der Waals surface area (Å²) in [5.41, 5.74) is 2.44. The van der Waals surface area contributed by atoms with Crippen molar-refractivity contribution < 1.29 is 13.3 Å². The number of hydrogen-bond acceptors (Lipinski definition) is 3. The third-order valence-electron chi connectivity index (χ3n) is 2.92. The van der Waals surface area contributed by atoms with Crippen LogP contribution in [0.2, 0.25) is 0 Å². The van der Waals surface area contributed by atoms with E-state index in [4.69, 9.17) is 24.9 Å². The molecule has 0 unspecified atom stereocenters. The molecule has 0 fully saturated rings. The van der Waals surface area contributed by atoms with Crippen molar-refractivity contribution in [3.63, 3.8) is 0 Å². The van der Waals surface area contributed by atoms with Crippen LogP contribution in [0.4, 0.5) is 0 Å². The summed E-state index contributed by atoms with van der Waals surface area (Å²) in [4.78, 5) is 0. The Morgan fingerprint density at radius 3 is 1.70 bits per heavy atom. The topological polar surface area (TPSA) is 27.7 Å². The van der Waals surface area contributed by atoms with Crippen LogP contribution in [0.1, 0.15) is 31.9 Å². The Balaban J connectivity index is 2.81. The second-order valence-corrected chi connectivity index (χ2v) is 7.38. The fourth-order valence-corrected chi connectivity index (χ4v) is 4.95. The standard InChI is InChI=1S/C15H25ClO3Si/c1-4-17-20(18-5-2,19-6-3)13-15-9-7-14(8-10-15)11-12-16/h7-10H,4-6,11-13H2,1-3H3. The number of halogens is 1. The van der Waals surface area contributed by atoms with Gasteiger partial charge in [0.25, 0.3) is 0 Å². The number of aryl methyl sites for hydroxylation is 1. The molecule has 0 bridgehead atoms. The van der Waals surface area contributed by atoms with Crippen LogP contribution in [-0.4, -0.2) is 34.5 Å². The molecule has 1 rings (SSSR count). The van der Waals surface area contributed by atoms with Gasteiger partial charge in [0.1, 0.15) is 0 Å². The van der Waals surface area contributed by atoms with E-state index >= 15 is 0 Å². The van der Waals surface area contributed by atoms with Crippen LogP contribution >= 0.6 is 11.6 Å². The first-order valence-corrected chi connectivity index (χ1v) is 9.72. The third kappa shape index (κ3) is 5.54. The first-order valence-electron chi connectivity index (χ1n) is 7.25. The zero-order valence-electron chi connectivity index (χ0n) is 12.7. The molecule has 0 aromatic heterocycles. The molecule has 0 radical (unpaired) electrons. The highest BCUT2D eigenvalue weighted by Crippen LogP contribution is 2.18. The molecule has 0 aliphatic carbocycles. The van der Waals surface area contributed by atoms with Crippen molar-refractivity contribution in [2.24, 2.45) is 0 Å². The Morgan fingerprint density at radius 2 is 1.30 bits per heavy atom. The van der Waals surface area contributed by atoms with Gasteiger partial charge >= 0.3 is 8.80 Å². The van der Waals surface area contributed by atoms with Gasteiger partial charge in [-0.2, -0.15) is 0 Å². The van der Waals surface area contributed by atoms with E-state index in [0.717, 1.165) is 6.42 Å². The summed E-state index contributed by atoms with van der Waals surface area (Å²) >= 11 is 5.75. The number of alkyl halides is 1. The van der Waals surface area contributed by atoms with E-state index < -0.39 is 8.80 Å². The summed E-state index contributed by atoms with van der Waals surface area (Å²) in [6, 6.07) is 9.16. The summed E-state index contributed by atoms with van der Waals surface area (Å²) in [5, 5.41) is 0. The van der Waals surface area contributed by atoms with E-state index in [0.29, 0.717) is 31.7 Å². The molecule has 0 N–H and O–H groups in total. The van der Waals surface area contributed by atoms with Crippen LogP contribution < -0.4 is 0 Å². The second kappa shape index (κ2) is 9.53. The van der Waals surface area contributed by atoms with Crippen molar-refractivity contribution in [3.8, 4) is 0 Å². The second-order valence-electron chi connectivity index (χ2n) is 4.41. The van der Waals surface area contributed by atoms with Crippen molar-refractivity contribution in [1.82, 2.24) is 0 Å². The van der Waals surface area contributed by atoms with E-state index in [1.165, 1.54) is 11.1 Å². The van der Waals surface area contributed by atoms with E-state index in [1.54, 1.807) is 0 Å². The maximum Gasteiger partial charge on any atom is 0.505 e. The zero-order chi connectivity index (χ0) is 14.8. The van der Waals surface area contributed by atoms with Gasteiger partial charge in [-0.25, -0.2) is 0 Å². The maximum atomic E-state index is 5.87. The highest BCUT2D eigenvalue weighted by Gasteiger charge is 2.40. The lowest BCUT2D eigenvalue weighted by Gasteiger charge is -2.28. The van der Waals surface area contributed by atoms with Gasteiger partial charge in [-0.3, -0.25) is 0 Å². The van der Waals surface area contributed by atoms with Crippen molar-refractivity contribution >= 4 is 20.4 Å². The Kier molecular flexibility index (Phi) is 8.41. The molecule has 3 nitrogen and oxygen atoms in total. The van der Waals surface area contributed by atoms with Gasteiger partial charge in [0.15, 0.2) is 0 Å². The number of rotatable bonds is 10. The smallest absolute Gasteiger partial charge is 0.374 e. The van der Waals surface area contributed by atoms with E-state index in [-0.39, 0.29) is 0 Å². The van der Waals surface area contributed by atoms with Crippen LogP contribution in [0.15, 0.2) is 24.3 Å². The molecule has 0 spiro atoms. The lowest BCUT2D eigenvalue weighted by Crippen LogP contribution is -2.48. The van der Waals surface area contributed by atoms with Gasteiger partial charge in [0.2, 0.25) is 0 Å². The highest BCUT2D eigenvalue weighted by molar-refractivity contribution is 6.60. The lowest BCUT2D eigenvalue weighted by atomic mass is 10.1. The summed E-state index contributed by atoms with van der Waals surface area (Å²) < 4.78 is 17.6. The van der Waals surface area contributed by atoms with Crippen LogP contribution in [0, 0.1) is 0 Å². The molecule has 0 amide bonds. The summed E-state index contributed by atoms with van der Waals surface area (Å²) in [7, 11) is -2.60. The predicted molar refractivity (Wildman–Crippen MR) is 85.2 cm³/mol. The fraction of sp³-hybridized carbons (Fsp3) is 0.600. The Morgan fingerprint density at radius 1 is 0.850 bits per heavy atom. The summed E-state index contributed by atoms with van der Waals surface area (Å²) in [6.07, 6.45) is 0.896. The van der Waals surface area contributed by atoms with Gasteiger partial charge in [-0.05, 0) is 38.3 Å². The van der Waals surface area contributed by atoms with Gasteiger partial charge < -0.3 is 13.3 Å². The number of hydrogen-bond donors (Lipinski definition) is 0. The van der Waals surface area contributed by atoms with Gasteiger partial charge in [0.05, 0.1) is 0 Å².